The third-order valence-electron chi connectivity index (χ3n) is 0.341. The van der Waals surface area contributed by atoms with Gasteiger partial charge in [-0.25, -0.2) is 0 Å². The summed E-state index contributed by atoms with van der Waals surface area (Å²) in [6.07, 6.45) is -1.34. The fraction of sp³-hybridized carbons (Fsp3) is 0.667. The van der Waals surface area contributed by atoms with Crippen molar-refractivity contribution >= 4 is 16.4 Å². The van der Waals surface area contributed by atoms with Gasteiger partial charge >= 0.3 is 19.5 Å². The van der Waals surface area contributed by atoms with Gasteiger partial charge in [-0.3, -0.25) is 8.42 Å². The van der Waals surface area contributed by atoms with Gasteiger partial charge < -0.3 is 24.1 Å². The number of carbonyl (C=O) groups excluding carboxylic acids is 1. The zero-order valence-electron chi connectivity index (χ0n) is 6.09. The Morgan fingerprint density at radius 2 is 1.50 bits per heavy atom. The number of hydrogen-bond donors (Lipinski definition) is 1. The summed E-state index contributed by atoms with van der Waals surface area (Å²) in [5.41, 5.74) is 0. The molecule has 0 rings (SSSR count). The molecule has 12 heavy (non-hydrogen) atoms. The summed E-state index contributed by atoms with van der Waals surface area (Å²) >= 11 is 0. The van der Waals surface area contributed by atoms with Crippen molar-refractivity contribution in [2.24, 2.45) is 0 Å². The molecule has 0 fully saturated rings. The van der Waals surface area contributed by atoms with Crippen LogP contribution in [0.2, 0.25) is 0 Å². The Bertz CT molecular complexity index is 199. The van der Waals surface area contributed by atoms with Crippen LogP contribution in [0.3, 0.4) is 0 Å². The van der Waals surface area contributed by atoms with E-state index < -0.39 is 22.5 Å². The summed E-state index contributed by atoms with van der Waals surface area (Å²) < 4.78 is 34.1. The molecule has 0 bridgehead atoms. The van der Waals surface area contributed by atoms with E-state index in [0.29, 0.717) is 0 Å². The van der Waals surface area contributed by atoms with Crippen molar-refractivity contribution in [3.8, 4) is 0 Å². The molecule has 1 unspecified atom stereocenters. The van der Waals surface area contributed by atoms with Gasteiger partial charge in [0.1, 0.15) is 0 Å². The summed E-state index contributed by atoms with van der Waals surface area (Å²) in [4.78, 5) is 9.34. The van der Waals surface area contributed by atoms with E-state index in [1.54, 1.807) is 0 Å². The molecule has 0 aromatic carbocycles. The molecule has 68 valence electrons. The molecule has 0 spiro atoms. The second-order valence-corrected chi connectivity index (χ2v) is 2.22. The standard InChI is InChI=1S/C3H6O3.H2O4S.Zn/c1-2(4)3(5)6;1-5(2,3)4;/h2,4H,1H3,(H,5,6);(H2,1,2,3,4);/q;;+2/p-3. The Labute approximate surface area is 81.7 Å². The Morgan fingerprint density at radius 1 is 1.42 bits per heavy atom. The molecule has 1 atom stereocenters. The van der Waals surface area contributed by atoms with Gasteiger partial charge in [-0.05, 0) is 6.92 Å². The van der Waals surface area contributed by atoms with Crippen LogP contribution in [0, 0.1) is 0 Å². The molecule has 1 N–H and O–H groups in total. The summed E-state index contributed by atoms with van der Waals surface area (Å²) in [7, 11) is -5.17. The van der Waals surface area contributed by atoms with Crippen LogP contribution in [0.1, 0.15) is 6.92 Å². The first-order chi connectivity index (χ1) is 4.64. The van der Waals surface area contributed by atoms with Crippen LogP contribution < -0.4 is 5.11 Å². The van der Waals surface area contributed by atoms with Crippen molar-refractivity contribution in [2.45, 2.75) is 13.0 Å². The Kier molecular flexibility index (Phi) is 11.3. The third-order valence-corrected chi connectivity index (χ3v) is 0.341. The summed E-state index contributed by atoms with van der Waals surface area (Å²) in [6, 6.07) is 0. The molecule has 0 aliphatic heterocycles. The molecular weight excluding hydrogens is 245 g/mol. The molecule has 0 aromatic heterocycles. The molecule has 0 aliphatic rings. The van der Waals surface area contributed by atoms with Gasteiger partial charge in [-0.2, -0.15) is 0 Å². The predicted octanol–water partition coefficient (Wildman–Crippen LogP) is -3.22. The van der Waals surface area contributed by atoms with E-state index in [4.69, 9.17) is 22.6 Å². The normalized spacial score (nSPS) is 11.7. The van der Waals surface area contributed by atoms with Gasteiger partial charge in [0.2, 0.25) is 0 Å². The van der Waals surface area contributed by atoms with Gasteiger partial charge in [0, 0.05) is 10.4 Å². The zero-order chi connectivity index (χ0) is 9.65. The molecule has 0 amide bonds. The SMILES string of the molecule is CC(O)C(=O)[O-].O=S(=O)([O-])[O-].[Zn+2]. The quantitative estimate of drug-likeness (QED) is 0.293. The van der Waals surface area contributed by atoms with Crippen LogP contribution in [0.4, 0.5) is 0 Å². The van der Waals surface area contributed by atoms with Gasteiger partial charge in [-0.15, -0.1) is 0 Å². The minimum absolute atomic E-state index is 0. The van der Waals surface area contributed by atoms with E-state index in [1.165, 1.54) is 0 Å². The average molecular weight is 251 g/mol. The molecule has 0 saturated heterocycles. The number of rotatable bonds is 1. The number of carboxylic acid groups (broad SMARTS) is 1. The van der Waals surface area contributed by atoms with Crippen LogP contribution in [0.25, 0.3) is 0 Å². The molecule has 7 nitrogen and oxygen atoms in total. The number of aliphatic hydroxyl groups is 1. The predicted molar refractivity (Wildman–Crippen MR) is 27.2 cm³/mol. The molecule has 0 heterocycles. The maximum Gasteiger partial charge on any atom is 2.00 e. The average Bonchev–Trinajstić information content (AvgIpc) is 1.59. The summed E-state index contributed by atoms with van der Waals surface area (Å²) in [5.74, 6) is -1.44. The third kappa shape index (κ3) is 51.3. The molecule has 0 aromatic rings. The Hall–Kier alpha value is -0.0766. The number of aliphatic carboxylic acids is 1. The van der Waals surface area contributed by atoms with E-state index in [9.17, 15) is 9.90 Å². The van der Waals surface area contributed by atoms with Crippen LogP contribution in [-0.4, -0.2) is 34.7 Å². The molecule has 0 radical (unpaired) electrons. The van der Waals surface area contributed by atoms with E-state index in [1.807, 2.05) is 0 Å². The van der Waals surface area contributed by atoms with E-state index in [2.05, 4.69) is 0 Å². The second-order valence-electron chi connectivity index (χ2n) is 1.40. The monoisotopic (exact) mass is 249 g/mol. The molecule has 9 heteroatoms. The number of carbonyl (C=O) groups is 1. The van der Waals surface area contributed by atoms with Gasteiger partial charge in [0.05, 0.1) is 12.1 Å². The summed E-state index contributed by atoms with van der Waals surface area (Å²) in [5, 5.41) is 17.3. The van der Waals surface area contributed by atoms with Crippen LogP contribution in [0.15, 0.2) is 0 Å². The van der Waals surface area contributed by atoms with Gasteiger partial charge in [0.25, 0.3) is 0 Å². The van der Waals surface area contributed by atoms with Crippen molar-refractivity contribution in [3.05, 3.63) is 0 Å². The van der Waals surface area contributed by atoms with Crippen molar-refractivity contribution in [3.63, 3.8) is 0 Å². The fourth-order valence-corrected chi connectivity index (χ4v) is 0. The van der Waals surface area contributed by atoms with E-state index in [-0.39, 0.29) is 19.5 Å². The van der Waals surface area contributed by atoms with E-state index >= 15 is 0 Å². The van der Waals surface area contributed by atoms with Crippen molar-refractivity contribution in [1.29, 1.82) is 0 Å². The van der Waals surface area contributed by atoms with Gasteiger partial charge in [0.15, 0.2) is 0 Å². The second kappa shape index (κ2) is 7.57. The maximum atomic E-state index is 9.34. The maximum absolute atomic E-state index is 9.34. The topological polar surface area (TPSA) is 141 Å². The summed E-state index contributed by atoms with van der Waals surface area (Å²) in [6.45, 7) is 1.13. The largest absolute Gasteiger partial charge is 2.00 e. The molecule has 0 aliphatic carbocycles. The number of carboxylic acids is 1. The van der Waals surface area contributed by atoms with Crippen LogP contribution in [-0.2, 0) is 34.7 Å². The van der Waals surface area contributed by atoms with Gasteiger partial charge in [-0.1, -0.05) is 0 Å². The first kappa shape index (κ1) is 17.9. The van der Waals surface area contributed by atoms with E-state index in [0.717, 1.165) is 6.92 Å². The van der Waals surface area contributed by atoms with Crippen molar-refractivity contribution < 1.29 is 52.0 Å². The molecule has 0 saturated carbocycles. The first-order valence-electron chi connectivity index (χ1n) is 2.20. The first-order valence-corrected chi connectivity index (χ1v) is 3.53. The number of hydrogen-bond acceptors (Lipinski definition) is 7. The fourth-order valence-electron chi connectivity index (χ4n) is 0. The van der Waals surface area contributed by atoms with Crippen molar-refractivity contribution in [1.82, 2.24) is 0 Å². The minimum Gasteiger partial charge on any atom is -0.759 e. The van der Waals surface area contributed by atoms with Crippen LogP contribution in [0.5, 0.6) is 0 Å². The van der Waals surface area contributed by atoms with Crippen molar-refractivity contribution in [2.75, 3.05) is 0 Å². The van der Waals surface area contributed by atoms with Crippen LogP contribution >= 0.6 is 0 Å². The zero-order valence-corrected chi connectivity index (χ0v) is 9.87. The molecular formula is C3H5O7SZn-. The smallest absolute Gasteiger partial charge is 0.759 e. The number of aliphatic hydroxyl groups excluding tert-OH is 1. The Morgan fingerprint density at radius 3 is 1.50 bits per heavy atom. The minimum atomic E-state index is -5.17. The Balaban J connectivity index is -0.000000126.